The highest BCUT2D eigenvalue weighted by atomic mass is 16.6. The molecule has 0 spiro atoms. The SMILES string of the molecule is COC(=O)CCC(=O)NC(CC(=O)O)Cc1ccc(-c2cccc([N+](=O)[O-])c2)cc1. The number of carboxylic acids is 1. The molecule has 158 valence electrons. The average Bonchev–Trinajstić information content (AvgIpc) is 2.72. The number of esters is 1. The van der Waals surface area contributed by atoms with Crippen LogP contribution >= 0.6 is 0 Å². The van der Waals surface area contributed by atoms with Gasteiger partial charge in [0.15, 0.2) is 0 Å². The summed E-state index contributed by atoms with van der Waals surface area (Å²) >= 11 is 0. The zero-order valence-electron chi connectivity index (χ0n) is 16.4. The molecule has 2 rings (SSSR count). The molecular formula is C21H22N2O7. The molecular weight excluding hydrogens is 392 g/mol. The first-order valence-electron chi connectivity index (χ1n) is 9.20. The molecule has 2 aromatic rings. The van der Waals surface area contributed by atoms with Crippen LogP contribution in [0.25, 0.3) is 11.1 Å². The van der Waals surface area contributed by atoms with Crippen molar-refractivity contribution in [1.82, 2.24) is 5.32 Å². The van der Waals surface area contributed by atoms with Crippen LogP contribution in [0.3, 0.4) is 0 Å². The molecule has 0 saturated heterocycles. The number of non-ortho nitro benzene ring substituents is 1. The fraction of sp³-hybridized carbons (Fsp3) is 0.286. The summed E-state index contributed by atoms with van der Waals surface area (Å²) < 4.78 is 4.48. The van der Waals surface area contributed by atoms with Crippen LogP contribution in [0.4, 0.5) is 5.69 Å². The molecule has 2 N–H and O–H groups in total. The quantitative estimate of drug-likeness (QED) is 0.346. The van der Waals surface area contributed by atoms with Gasteiger partial charge in [-0.1, -0.05) is 36.4 Å². The summed E-state index contributed by atoms with van der Waals surface area (Å²) in [5, 5.41) is 22.7. The van der Waals surface area contributed by atoms with Crippen LogP contribution in [0.1, 0.15) is 24.8 Å². The Morgan fingerprint density at radius 3 is 2.40 bits per heavy atom. The minimum absolute atomic E-state index is 0.00670. The largest absolute Gasteiger partial charge is 0.481 e. The van der Waals surface area contributed by atoms with Gasteiger partial charge in [0, 0.05) is 24.6 Å². The first-order chi connectivity index (χ1) is 14.3. The molecule has 0 fully saturated rings. The number of carbonyl (C=O) groups is 3. The van der Waals surface area contributed by atoms with E-state index in [1.165, 1.54) is 19.2 Å². The number of nitrogens with zero attached hydrogens (tertiary/aromatic N) is 1. The van der Waals surface area contributed by atoms with Crippen molar-refractivity contribution in [2.75, 3.05) is 7.11 Å². The van der Waals surface area contributed by atoms with Crippen LogP contribution in [0.5, 0.6) is 0 Å². The Bertz CT molecular complexity index is 925. The minimum Gasteiger partial charge on any atom is -0.481 e. The lowest BCUT2D eigenvalue weighted by Crippen LogP contribution is -2.38. The van der Waals surface area contributed by atoms with Gasteiger partial charge in [-0.3, -0.25) is 24.5 Å². The summed E-state index contributed by atoms with van der Waals surface area (Å²) in [6.07, 6.45) is -0.156. The lowest BCUT2D eigenvalue weighted by Gasteiger charge is -2.17. The van der Waals surface area contributed by atoms with Crippen molar-refractivity contribution in [2.45, 2.75) is 31.7 Å². The monoisotopic (exact) mass is 414 g/mol. The fourth-order valence-electron chi connectivity index (χ4n) is 2.92. The number of ether oxygens (including phenoxy) is 1. The summed E-state index contributed by atoms with van der Waals surface area (Å²) in [5.74, 6) is -2.00. The standard InChI is InChI=1S/C21H22N2O7/c1-30-21(27)10-9-19(24)22-17(13-20(25)26)11-14-5-7-15(8-6-14)16-3-2-4-18(12-16)23(28)29/h2-8,12,17H,9-11,13H2,1H3,(H,22,24)(H,25,26). The van der Waals surface area contributed by atoms with E-state index in [0.29, 0.717) is 5.56 Å². The van der Waals surface area contributed by atoms with E-state index < -0.39 is 28.8 Å². The summed E-state index contributed by atoms with van der Waals surface area (Å²) in [5.41, 5.74) is 2.25. The molecule has 0 aliphatic rings. The van der Waals surface area contributed by atoms with E-state index in [9.17, 15) is 24.5 Å². The van der Waals surface area contributed by atoms with Gasteiger partial charge in [-0.15, -0.1) is 0 Å². The molecule has 0 aliphatic heterocycles. The van der Waals surface area contributed by atoms with Gasteiger partial charge in [-0.2, -0.15) is 0 Å². The van der Waals surface area contributed by atoms with Crippen molar-refractivity contribution in [3.63, 3.8) is 0 Å². The third kappa shape index (κ3) is 7.01. The van der Waals surface area contributed by atoms with Gasteiger partial charge >= 0.3 is 11.9 Å². The van der Waals surface area contributed by atoms with Crippen LogP contribution < -0.4 is 5.32 Å². The number of rotatable bonds is 10. The number of carboxylic acid groups (broad SMARTS) is 1. The van der Waals surface area contributed by atoms with Crippen LogP contribution in [-0.2, 0) is 25.5 Å². The smallest absolute Gasteiger partial charge is 0.306 e. The maximum atomic E-state index is 12.0. The van der Waals surface area contributed by atoms with Gasteiger partial charge < -0.3 is 15.2 Å². The van der Waals surface area contributed by atoms with Crippen LogP contribution in [0, 0.1) is 10.1 Å². The lowest BCUT2D eigenvalue weighted by atomic mass is 9.99. The Labute approximate surface area is 172 Å². The van der Waals surface area contributed by atoms with Gasteiger partial charge in [0.2, 0.25) is 5.91 Å². The van der Waals surface area contributed by atoms with Gasteiger partial charge in [-0.25, -0.2) is 0 Å². The number of amides is 1. The molecule has 2 aromatic carbocycles. The number of benzene rings is 2. The van der Waals surface area contributed by atoms with E-state index in [4.69, 9.17) is 5.11 Å². The topological polar surface area (TPSA) is 136 Å². The predicted octanol–water partition coefficient (Wildman–Crippen LogP) is 2.72. The zero-order valence-corrected chi connectivity index (χ0v) is 16.4. The summed E-state index contributed by atoms with van der Waals surface area (Å²) in [7, 11) is 1.23. The molecule has 1 unspecified atom stereocenters. The van der Waals surface area contributed by atoms with Gasteiger partial charge in [0.05, 0.1) is 24.9 Å². The van der Waals surface area contributed by atoms with E-state index in [1.54, 1.807) is 36.4 Å². The number of nitro groups is 1. The third-order valence-electron chi connectivity index (χ3n) is 4.40. The highest BCUT2D eigenvalue weighted by Crippen LogP contribution is 2.24. The van der Waals surface area contributed by atoms with E-state index in [2.05, 4.69) is 10.1 Å². The number of aliphatic carboxylic acids is 1. The van der Waals surface area contributed by atoms with E-state index >= 15 is 0 Å². The van der Waals surface area contributed by atoms with Crippen molar-refractivity contribution in [1.29, 1.82) is 0 Å². The molecule has 0 radical (unpaired) electrons. The number of methoxy groups -OCH3 is 1. The minimum atomic E-state index is -1.05. The summed E-state index contributed by atoms with van der Waals surface area (Å²) in [4.78, 5) is 44.8. The molecule has 0 aromatic heterocycles. The fourth-order valence-corrected chi connectivity index (χ4v) is 2.92. The number of nitrogens with one attached hydrogen (secondary N) is 1. The Balaban J connectivity index is 2.06. The second kappa shape index (κ2) is 10.7. The number of hydrogen-bond acceptors (Lipinski definition) is 6. The third-order valence-corrected chi connectivity index (χ3v) is 4.40. The van der Waals surface area contributed by atoms with E-state index in [1.807, 2.05) is 0 Å². The Morgan fingerprint density at radius 2 is 1.80 bits per heavy atom. The van der Waals surface area contributed by atoms with Gasteiger partial charge in [-0.05, 0) is 23.1 Å². The second-order valence-electron chi connectivity index (χ2n) is 6.65. The molecule has 9 nitrogen and oxygen atoms in total. The molecule has 9 heteroatoms. The van der Waals surface area contributed by atoms with Gasteiger partial charge in [0.25, 0.3) is 5.69 Å². The summed E-state index contributed by atoms with van der Waals surface area (Å²) in [6, 6.07) is 12.7. The van der Waals surface area contributed by atoms with E-state index in [0.717, 1.165) is 11.1 Å². The highest BCUT2D eigenvalue weighted by molar-refractivity contribution is 5.82. The molecule has 0 aliphatic carbocycles. The van der Waals surface area contributed by atoms with Crippen LogP contribution in [-0.4, -0.2) is 41.0 Å². The first kappa shape index (κ1) is 22.5. The Kier molecular flexibility index (Phi) is 8.04. The van der Waals surface area contributed by atoms with Crippen molar-refractivity contribution < 1.29 is 29.2 Å². The van der Waals surface area contributed by atoms with E-state index in [-0.39, 0.29) is 31.4 Å². The lowest BCUT2D eigenvalue weighted by molar-refractivity contribution is -0.384. The maximum Gasteiger partial charge on any atom is 0.306 e. The summed E-state index contributed by atoms with van der Waals surface area (Å²) in [6.45, 7) is 0. The second-order valence-corrected chi connectivity index (χ2v) is 6.65. The molecule has 0 saturated carbocycles. The van der Waals surface area contributed by atoms with Crippen molar-refractivity contribution >= 4 is 23.5 Å². The highest BCUT2D eigenvalue weighted by Gasteiger charge is 2.18. The number of hydrogen-bond donors (Lipinski definition) is 2. The zero-order chi connectivity index (χ0) is 22.1. The van der Waals surface area contributed by atoms with Crippen molar-refractivity contribution in [2.24, 2.45) is 0 Å². The first-order valence-corrected chi connectivity index (χ1v) is 9.20. The Morgan fingerprint density at radius 1 is 1.10 bits per heavy atom. The number of carbonyl (C=O) groups excluding carboxylic acids is 2. The van der Waals surface area contributed by atoms with Crippen molar-refractivity contribution in [3.8, 4) is 11.1 Å². The van der Waals surface area contributed by atoms with Crippen LogP contribution in [0.15, 0.2) is 48.5 Å². The van der Waals surface area contributed by atoms with Crippen LogP contribution in [0.2, 0.25) is 0 Å². The molecule has 1 atom stereocenters. The molecule has 0 bridgehead atoms. The number of nitro benzene ring substituents is 1. The normalized spacial score (nSPS) is 11.4. The van der Waals surface area contributed by atoms with Gasteiger partial charge in [0.1, 0.15) is 0 Å². The predicted molar refractivity (Wildman–Crippen MR) is 108 cm³/mol. The molecule has 30 heavy (non-hydrogen) atoms. The molecule has 1 amide bonds. The Hall–Kier alpha value is -3.75. The maximum absolute atomic E-state index is 12.0. The molecule has 0 heterocycles. The average molecular weight is 414 g/mol. The van der Waals surface area contributed by atoms with Crippen molar-refractivity contribution in [3.05, 3.63) is 64.2 Å².